The molecule has 98 valence electrons. The van der Waals surface area contributed by atoms with Crippen molar-refractivity contribution in [1.29, 1.82) is 0 Å². The SMILES string of the molecule is COCCNCC/C=C(/C)C1=CCCCCC1. The van der Waals surface area contributed by atoms with E-state index in [0.717, 1.165) is 26.1 Å². The van der Waals surface area contributed by atoms with Crippen LogP contribution in [0, 0.1) is 0 Å². The van der Waals surface area contributed by atoms with E-state index in [1.165, 1.54) is 37.7 Å². The van der Waals surface area contributed by atoms with E-state index in [4.69, 9.17) is 4.74 Å². The van der Waals surface area contributed by atoms with Gasteiger partial charge < -0.3 is 10.1 Å². The van der Waals surface area contributed by atoms with E-state index in [1.54, 1.807) is 12.7 Å². The largest absolute Gasteiger partial charge is 0.383 e. The molecule has 0 radical (unpaired) electrons. The Labute approximate surface area is 106 Å². The zero-order chi connectivity index (χ0) is 12.3. The first-order valence-electron chi connectivity index (χ1n) is 6.90. The van der Waals surface area contributed by atoms with Crippen molar-refractivity contribution >= 4 is 0 Å². The standard InChI is InChI=1S/C15H27NO/c1-14(8-7-11-16-12-13-17-2)15-9-5-3-4-6-10-15/h8-9,16H,3-7,10-13H2,1-2H3/b14-8-. The van der Waals surface area contributed by atoms with Crippen LogP contribution in [0.3, 0.4) is 0 Å². The fraction of sp³-hybridized carbons (Fsp3) is 0.733. The van der Waals surface area contributed by atoms with Gasteiger partial charge in [0.2, 0.25) is 0 Å². The highest BCUT2D eigenvalue weighted by molar-refractivity contribution is 5.29. The van der Waals surface area contributed by atoms with E-state index >= 15 is 0 Å². The summed E-state index contributed by atoms with van der Waals surface area (Å²) in [5, 5.41) is 3.37. The van der Waals surface area contributed by atoms with Gasteiger partial charge in [0.05, 0.1) is 6.61 Å². The summed E-state index contributed by atoms with van der Waals surface area (Å²) in [5.74, 6) is 0. The van der Waals surface area contributed by atoms with Crippen LogP contribution in [-0.2, 0) is 4.74 Å². The van der Waals surface area contributed by atoms with Crippen molar-refractivity contribution < 1.29 is 4.74 Å². The average Bonchev–Trinajstić information content (AvgIpc) is 2.62. The van der Waals surface area contributed by atoms with Gasteiger partial charge in [-0.25, -0.2) is 0 Å². The first-order valence-corrected chi connectivity index (χ1v) is 6.90. The fourth-order valence-corrected chi connectivity index (χ4v) is 2.19. The molecule has 0 saturated carbocycles. The fourth-order valence-electron chi connectivity index (χ4n) is 2.19. The minimum absolute atomic E-state index is 0.799. The molecule has 2 nitrogen and oxygen atoms in total. The van der Waals surface area contributed by atoms with Gasteiger partial charge in [0.1, 0.15) is 0 Å². The minimum atomic E-state index is 0.799. The number of allylic oxidation sites excluding steroid dienone is 3. The van der Waals surface area contributed by atoms with E-state index in [2.05, 4.69) is 24.4 Å². The highest BCUT2D eigenvalue weighted by Crippen LogP contribution is 2.23. The topological polar surface area (TPSA) is 21.3 Å². The van der Waals surface area contributed by atoms with Crippen molar-refractivity contribution in [3.05, 3.63) is 23.3 Å². The third-order valence-corrected chi connectivity index (χ3v) is 3.30. The lowest BCUT2D eigenvalue weighted by Gasteiger charge is -2.06. The third-order valence-electron chi connectivity index (χ3n) is 3.30. The van der Waals surface area contributed by atoms with Gasteiger partial charge in [0.25, 0.3) is 0 Å². The lowest BCUT2D eigenvalue weighted by Crippen LogP contribution is -2.19. The number of ether oxygens (including phenoxy) is 1. The van der Waals surface area contributed by atoms with Crippen molar-refractivity contribution in [2.45, 2.75) is 45.4 Å². The zero-order valence-electron chi connectivity index (χ0n) is 11.4. The average molecular weight is 237 g/mol. The van der Waals surface area contributed by atoms with Crippen LogP contribution < -0.4 is 5.32 Å². The molecule has 0 fully saturated rings. The van der Waals surface area contributed by atoms with Crippen LogP contribution in [0.5, 0.6) is 0 Å². The number of hydrogen-bond donors (Lipinski definition) is 1. The maximum absolute atomic E-state index is 4.99. The summed E-state index contributed by atoms with van der Waals surface area (Å²) < 4.78 is 4.99. The first-order chi connectivity index (χ1) is 8.34. The summed E-state index contributed by atoms with van der Waals surface area (Å²) in [5.41, 5.74) is 3.07. The van der Waals surface area contributed by atoms with Crippen molar-refractivity contribution in [2.24, 2.45) is 0 Å². The molecule has 2 heteroatoms. The Morgan fingerprint density at radius 2 is 2.24 bits per heavy atom. The van der Waals surface area contributed by atoms with E-state index in [9.17, 15) is 0 Å². The van der Waals surface area contributed by atoms with Crippen LogP contribution in [0.4, 0.5) is 0 Å². The second-order valence-corrected chi connectivity index (χ2v) is 4.75. The van der Waals surface area contributed by atoms with Crippen LogP contribution in [0.1, 0.15) is 45.4 Å². The molecular formula is C15H27NO. The van der Waals surface area contributed by atoms with E-state index in [0.29, 0.717) is 0 Å². The normalized spacial score (nSPS) is 17.8. The molecule has 1 aliphatic rings. The van der Waals surface area contributed by atoms with Gasteiger partial charge in [-0.3, -0.25) is 0 Å². The van der Waals surface area contributed by atoms with Gasteiger partial charge in [-0.2, -0.15) is 0 Å². The minimum Gasteiger partial charge on any atom is -0.383 e. The molecule has 0 bridgehead atoms. The monoisotopic (exact) mass is 237 g/mol. The maximum Gasteiger partial charge on any atom is 0.0587 e. The lowest BCUT2D eigenvalue weighted by molar-refractivity contribution is 0.199. The molecule has 0 unspecified atom stereocenters. The molecule has 0 heterocycles. The molecule has 0 spiro atoms. The Morgan fingerprint density at radius 3 is 3.06 bits per heavy atom. The van der Waals surface area contributed by atoms with Crippen LogP contribution in [-0.4, -0.2) is 26.8 Å². The molecule has 17 heavy (non-hydrogen) atoms. The number of nitrogens with one attached hydrogen (secondary N) is 1. The quantitative estimate of drug-likeness (QED) is 0.685. The first kappa shape index (κ1) is 14.5. The Morgan fingerprint density at radius 1 is 1.35 bits per heavy atom. The molecular weight excluding hydrogens is 210 g/mol. The molecule has 1 N–H and O–H groups in total. The highest BCUT2D eigenvalue weighted by atomic mass is 16.5. The van der Waals surface area contributed by atoms with Gasteiger partial charge in [0.15, 0.2) is 0 Å². The predicted octanol–water partition coefficient (Wildman–Crippen LogP) is 3.45. The smallest absolute Gasteiger partial charge is 0.0587 e. The molecule has 0 aromatic carbocycles. The number of hydrogen-bond acceptors (Lipinski definition) is 2. The Kier molecular flexibility index (Phi) is 8.02. The summed E-state index contributed by atoms with van der Waals surface area (Å²) in [6.07, 6.45) is 12.6. The second-order valence-electron chi connectivity index (χ2n) is 4.75. The molecule has 0 atom stereocenters. The van der Waals surface area contributed by atoms with Gasteiger partial charge in [-0.05, 0) is 51.1 Å². The van der Waals surface area contributed by atoms with E-state index in [1.807, 2.05) is 0 Å². The second kappa shape index (κ2) is 9.43. The number of rotatable bonds is 7. The Bertz CT molecular complexity index is 256. The third kappa shape index (κ3) is 6.64. The van der Waals surface area contributed by atoms with Crippen LogP contribution in [0.2, 0.25) is 0 Å². The molecule has 0 saturated heterocycles. The van der Waals surface area contributed by atoms with E-state index in [-0.39, 0.29) is 0 Å². The molecule has 0 aromatic heterocycles. The Balaban J connectivity index is 2.21. The van der Waals surface area contributed by atoms with Crippen LogP contribution >= 0.6 is 0 Å². The highest BCUT2D eigenvalue weighted by Gasteiger charge is 2.03. The molecule has 0 aliphatic heterocycles. The number of methoxy groups -OCH3 is 1. The van der Waals surface area contributed by atoms with Gasteiger partial charge in [-0.1, -0.05) is 24.1 Å². The molecule has 0 aromatic rings. The summed E-state index contributed by atoms with van der Waals surface area (Å²) in [6, 6.07) is 0. The lowest BCUT2D eigenvalue weighted by atomic mass is 10.0. The summed E-state index contributed by atoms with van der Waals surface area (Å²) in [6.45, 7) is 5.06. The van der Waals surface area contributed by atoms with Crippen LogP contribution in [0.15, 0.2) is 23.3 Å². The molecule has 1 rings (SSSR count). The maximum atomic E-state index is 4.99. The molecule has 0 amide bonds. The van der Waals surface area contributed by atoms with Crippen molar-refractivity contribution in [1.82, 2.24) is 5.32 Å². The van der Waals surface area contributed by atoms with Gasteiger partial charge in [0, 0.05) is 13.7 Å². The van der Waals surface area contributed by atoms with Crippen molar-refractivity contribution in [3.63, 3.8) is 0 Å². The van der Waals surface area contributed by atoms with E-state index < -0.39 is 0 Å². The van der Waals surface area contributed by atoms with Gasteiger partial charge in [-0.15, -0.1) is 0 Å². The van der Waals surface area contributed by atoms with Crippen molar-refractivity contribution in [2.75, 3.05) is 26.8 Å². The zero-order valence-corrected chi connectivity index (χ0v) is 11.4. The summed E-state index contributed by atoms with van der Waals surface area (Å²) in [4.78, 5) is 0. The summed E-state index contributed by atoms with van der Waals surface area (Å²) in [7, 11) is 1.74. The Hall–Kier alpha value is -0.600. The summed E-state index contributed by atoms with van der Waals surface area (Å²) >= 11 is 0. The predicted molar refractivity (Wildman–Crippen MR) is 74.3 cm³/mol. The van der Waals surface area contributed by atoms with Crippen molar-refractivity contribution in [3.8, 4) is 0 Å². The molecule has 1 aliphatic carbocycles. The van der Waals surface area contributed by atoms with Gasteiger partial charge >= 0.3 is 0 Å². The van der Waals surface area contributed by atoms with Crippen LogP contribution in [0.25, 0.3) is 0 Å².